The lowest BCUT2D eigenvalue weighted by Crippen LogP contribution is -2.39. The summed E-state index contributed by atoms with van der Waals surface area (Å²) in [4.78, 5) is 0. The van der Waals surface area contributed by atoms with Crippen LogP contribution in [-0.4, -0.2) is 25.8 Å². The molecule has 0 amide bonds. The van der Waals surface area contributed by atoms with E-state index < -0.39 is 10.0 Å². The quantitative estimate of drug-likeness (QED) is 0.851. The van der Waals surface area contributed by atoms with Crippen molar-refractivity contribution < 1.29 is 8.42 Å². The summed E-state index contributed by atoms with van der Waals surface area (Å²) in [6.45, 7) is 3.27. The van der Waals surface area contributed by atoms with Crippen molar-refractivity contribution in [1.82, 2.24) is 4.31 Å². The van der Waals surface area contributed by atoms with Gasteiger partial charge in [0, 0.05) is 13.1 Å². The van der Waals surface area contributed by atoms with Crippen molar-refractivity contribution in [1.29, 1.82) is 5.26 Å². The maximum Gasteiger partial charge on any atom is 0.218 e. The van der Waals surface area contributed by atoms with Crippen molar-refractivity contribution in [3.63, 3.8) is 0 Å². The highest BCUT2D eigenvalue weighted by atomic mass is 32.2. The minimum atomic E-state index is -3.32. The number of piperidine rings is 1. The second-order valence-corrected chi connectivity index (χ2v) is 7.10. The molecule has 0 aliphatic carbocycles. The largest absolute Gasteiger partial charge is 0.218 e. The van der Waals surface area contributed by atoms with Crippen LogP contribution in [0.15, 0.2) is 24.3 Å². The van der Waals surface area contributed by atoms with Gasteiger partial charge in [-0.05, 0) is 30.4 Å². The first-order valence-electron chi connectivity index (χ1n) is 6.49. The molecule has 0 radical (unpaired) electrons. The monoisotopic (exact) mass is 278 g/mol. The van der Waals surface area contributed by atoms with Gasteiger partial charge in [-0.25, -0.2) is 12.7 Å². The molecule has 1 aromatic carbocycles. The summed E-state index contributed by atoms with van der Waals surface area (Å²) in [7, 11) is -3.32. The van der Waals surface area contributed by atoms with Gasteiger partial charge in [-0.15, -0.1) is 0 Å². The summed E-state index contributed by atoms with van der Waals surface area (Å²) in [5, 5.41) is 9.01. The van der Waals surface area contributed by atoms with Crippen LogP contribution in [0.3, 0.4) is 0 Å². The molecule has 1 atom stereocenters. The molecule has 1 aliphatic heterocycles. The van der Waals surface area contributed by atoms with Gasteiger partial charge in [-0.1, -0.05) is 25.1 Å². The Labute approximate surface area is 114 Å². The van der Waals surface area contributed by atoms with E-state index in [0.29, 0.717) is 30.1 Å². The molecule has 1 unspecified atom stereocenters. The molecular formula is C14H18N2O2S. The van der Waals surface area contributed by atoms with Gasteiger partial charge in [0.1, 0.15) is 0 Å². The smallest absolute Gasteiger partial charge is 0.212 e. The SMILES string of the molecule is CC1CCCN(S(=O)(=O)Cc2ccccc2C#N)C1. The summed E-state index contributed by atoms with van der Waals surface area (Å²) in [5.74, 6) is 0.332. The molecule has 102 valence electrons. The molecule has 19 heavy (non-hydrogen) atoms. The Morgan fingerprint density at radius 3 is 2.84 bits per heavy atom. The van der Waals surface area contributed by atoms with E-state index in [1.807, 2.05) is 6.07 Å². The van der Waals surface area contributed by atoms with Crippen molar-refractivity contribution in [3.05, 3.63) is 35.4 Å². The van der Waals surface area contributed by atoms with Gasteiger partial charge in [-0.3, -0.25) is 0 Å². The number of rotatable bonds is 3. The van der Waals surface area contributed by atoms with Crippen molar-refractivity contribution in [2.75, 3.05) is 13.1 Å². The first-order chi connectivity index (χ1) is 9.03. The predicted molar refractivity (Wildman–Crippen MR) is 73.8 cm³/mol. The van der Waals surface area contributed by atoms with Crippen molar-refractivity contribution in [3.8, 4) is 6.07 Å². The highest BCUT2D eigenvalue weighted by Crippen LogP contribution is 2.21. The fourth-order valence-corrected chi connectivity index (χ4v) is 4.16. The Morgan fingerprint density at radius 1 is 1.42 bits per heavy atom. The molecule has 2 rings (SSSR count). The highest BCUT2D eigenvalue weighted by molar-refractivity contribution is 7.88. The van der Waals surface area contributed by atoms with Crippen molar-refractivity contribution >= 4 is 10.0 Å². The van der Waals surface area contributed by atoms with Gasteiger partial charge in [0.15, 0.2) is 0 Å². The van der Waals surface area contributed by atoms with Crippen LogP contribution in [0.4, 0.5) is 0 Å². The Hall–Kier alpha value is -1.38. The molecule has 1 aliphatic rings. The number of nitrogens with zero attached hydrogens (tertiary/aromatic N) is 2. The van der Waals surface area contributed by atoms with Gasteiger partial charge in [0.25, 0.3) is 0 Å². The molecule has 5 heteroatoms. The molecule has 0 spiro atoms. The maximum absolute atomic E-state index is 12.4. The van der Waals surface area contributed by atoms with Crippen LogP contribution in [0, 0.1) is 17.2 Å². The van der Waals surface area contributed by atoms with E-state index >= 15 is 0 Å². The third-order valence-corrected chi connectivity index (χ3v) is 5.28. The number of benzene rings is 1. The average molecular weight is 278 g/mol. The fourth-order valence-electron chi connectivity index (χ4n) is 2.44. The first-order valence-corrected chi connectivity index (χ1v) is 8.09. The van der Waals surface area contributed by atoms with E-state index in [-0.39, 0.29) is 5.75 Å². The average Bonchev–Trinajstić information content (AvgIpc) is 2.39. The molecule has 1 aromatic rings. The topological polar surface area (TPSA) is 61.2 Å². The van der Waals surface area contributed by atoms with Crippen LogP contribution in [0.2, 0.25) is 0 Å². The zero-order valence-electron chi connectivity index (χ0n) is 11.0. The zero-order valence-corrected chi connectivity index (χ0v) is 11.9. The van der Waals surface area contributed by atoms with Crippen LogP contribution in [-0.2, 0) is 15.8 Å². The van der Waals surface area contributed by atoms with Crippen LogP contribution < -0.4 is 0 Å². The Balaban J connectivity index is 2.19. The molecule has 1 fully saturated rings. The number of sulfonamides is 1. The summed E-state index contributed by atoms with van der Waals surface area (Å²) in [5.41, 5.74) is 1.03. The summed E-state index contributed by atoms with van der Waals surface area (Å²) in [6.07, 6.45) is 2.00. The van der Waals surface area contributed by atoms with Gasteiger partial charge in [-0.2, -0.15) is 5.26 Å². The normalized spacial score (nSPS) is 20.9. The van der Waals surface area contributed by atoms with E-state index in [1.54, 1.807) is 28.6 Å². The van der Waals surface area contributed by atoms with Gasteiger partial charge in [0.05, 0.1) is 17.4 Å². The molecule has 4 nitrogen and oxygen atoms in total. The molecule has 0 saturated carbocycles. The Bertz CT molecular complexity index is 590. The second-order valence-electron chi connectivity index (χ2n) is 5.13. The lowest BCUT2D eigenvalue weighted by atomic mass is 10.0. The highest BCUT2D eigenvalue weighted by Gasteiger charge is 2.27. The summed E-state index contributed by atoms with van der Waals surface area (Å²) >= 11 is 0. The molecule has 0 bridgehead atoms. The summed E-state index contributed by atoms with van der Waals surface area (Å²) < 4.78 is 26.3. The number of hydrogen-bond acceptors (Lipinski definition) is 3. The van der Waals surface area contributed by atoms with Gasteiger partial charge in [0.2, 0.25) is 10.0 Å². The lowest BCUT2D eigenvalue weighted by molar-refractivity contribution is 0.281. The molecule has 1 saturated heterocycles. The van der Waals surface area contributed by atoms with Crippen molar-refractivity contribution in [2.24, 2.45) is 5.92 Å². The van der Waals surface area contributed by atoms with E-state index in [9.17, 15) is 8.42 Å². The first kappa shape index (κ1) is 14.0. The minimum Gasteiger partial charge on any atom is -0.212 e. The van der Waals surface area contributed by atoms with Crippen LogP contribution in [0.1, 0.15) is 30.9 Å². The van der Waals surface area contributed by atoms with E-state index in [1.165, 1.54) is 0 Å². The molecular weight excluding hydrogens is 260 g/mol. The number of nitriles is 1. The number of hydrogen-bond donors (Lipinski definition) is 0. The standard InChI is InChI=1S/C14H18N2O2S/c1-12-5-4-8-16(10-12)19(17,18)11-14-7-3-2-6-13(14)9-15/h2-3,6-7,12H,4-5,8,10-11H2,1H3. The zero-order chi connectivity index (χ0) is 13.9. The third kappa shape index (κ3) is 3.34. The minimum absolute atomic E-state index is 0.0799. The maximum atomic E-state index is 12.4. The second kappa shape index (κ2) is 5.72. The Morgan fingerprint density at radius 2 is 2.16 bits per heavy atom. The fraction of sp³-hybridized carbons (Fsp3) is 0.500. The van der Waals surface area contributed by atoms with Gasteiger partial charge < -0.3 is 0 Å². The van der Waals surface area contributed by atoms with E-state index in [0.717, 1.165) is 12.8 Å². The predicted octanol–water partition coefficient (Wildman–Crippen LogP) is 2.12. The van der Waals surface area contributed by atoms with E-state index in [2.05, 4.69) is 6.92 Å². The van der Waals surface area contributed by atoms with Crippen molar-refractivity contribution in [2.45, 2.75) is 25.5 Å². The lowest BCUT2D eigenvalue weighted by Gasteiger charge is -2.30. The van der Waals surface area contributed by atoms with Gasteiger partial charge >= 0.3 is 0 Å². The van der Waals surface area contributed by atoms with Crippen LogP contribution >= 0.6 is 0 Å². The molecule has 1 heterocycles. The summed E-state index contributed by atoms with van der Waals surface area (Å²) in [6, 6.07) is 8.93. The van der Waals surface area contributed by atoms with Crippen LogP contribution in [0.25, 0.3) is 0 Å². The molecule has 0 N–H and O–H groups in total. The molecule has 0 aromatic heterocycles. The van der Waals surface area contributed by atoms with E-state index in [4.69, 9.17) is 5.26 Å². The third-order valence-electron chi connectivity index (χ3n) is 3.49. The van der Waals surface area contributed by atoms with Crippen LogP contribution in [0.5, 0.6) is 0 Å². The Kier molecular flexibility index (Phi) is 4.23.